The Balaban J connectivity index is 2.55. The maximum Gasteiger partial charge on any atom is 0.122 e. The Morgan fingerprint density at radius 1 is 1.14 bits per heavy atom. The summed E-state index contributed by atoms with van der Waals surface area (Å²) in [6.07, 6.45) is 6.96. The van der Waals surface area contributed by atoms with Gasteiger partial charge in [-0.2, -0.15) is 0 Å². The Hall–Kier alpha value is -1.55. The zero-order valence-electron chi connectivity index (χ0n) is 7.69. The highest BCUT2D eigenvalue weighted by Gasteiger charge is 1.97. The molecule has 2 aromatic rings. The van der Waals surface area contributed by atoms with Crippen LogP contribution in [0.5, 0.6) is 0 Å². The average Bonchev–Trinajstić information content (AvgIpc) is 2.18. The number of rotatable bonds is 1. The van der Waals surface area contributed by atoms with Gasteiger partial charge >= 0.3 is 0 Å². The minimum absolute atomic E-state index is 0.629. The minimum Gasteiger partial charge on any atom is -0.344 e. The van der Waals surface area contributed by atoms with E-state index in [1.54, 1.807) is 18.6 Å². The first-order chi connectivity index (χ1) is 6.75. The van der Waals surface area contributed by atoms with E-state index in [1.165, 1.54) is 0 Å². The standard InChI is InChI=1S/C10H9N3S/c1-7-2-8(4-11-3-7)9-5-12-6-10(14)13-9/h2-6H,1H3,(H,13,14). The predicted octanol–water partition coefficient (Wildman–Crippen LogP) is 2.51. The Labute approximate surface area is 86.9 Å². The van der Waals surface area contributed by atoms with Crippen LogP contribution in [0, 0.1) is 11.6 Å². The van der Waals surface area contributed by atoms with Gasteiger partial charge in [0.2, 0.25) is 0 Å². The van der Waals surface area contributed by atoms with Gasteiger partial charge in [-0.15, -0.1) is 0 Å². The number of nitrogens with zero attached hydrogens (tertiary/aromatic N) is 2. The summed E-state index contributed by atoms with van der Waals surface area (Å²) in [5.74, 6) is 0. The molecule has 0 saturated heterocycles. The maximum absolute atomic E-state index is 4.99. The summed E-state index contributed by atoms with van der Waals surface area (Å²) >= 11 is 4.99. The molecule has 14 heavy (non-hydrogen) atoms. The highest BCUT2D eigenvalue weighted by Crippen LogP contribution is 2.14. The van der Waals surface area contributed by atoms with E-state index in [1.807, 2.05) is 19.2 Å². The number of H-pyrrole nitrogens is 1. The molecule has 0 bridgehead atoms. The summed E-state index contributed by atoms with van der Waals surface area (Å²) in [6, 6.07) is 2.04. The molecule has 70 valence electrons. The van der Waals surface area contributed by atoms with Gasteiger partial charge in [0.25, 0.3) is 0 Å². The third-order valence-electron chi connectivity index (χ3n) is 1.84. The van der Waals surface area contributed by atoms with Gasteiger partial charge in [0, 0.05) is 18.0 Å². The molecular weight excluding hydrogens is 194 g/mol. The van der Waals surface area contributed by atoms with Crippen LogP contribution >= 0.6 is 12.2 Å². The number of hydrogen-bond donors (Lipinski definition) is 1. The average molecular weight is 203 g/mol. The molecule has 0 saturated carbocycles. The fraction of sp³-hybridized carbons (Fsp3) is 0.100. The molecule has 0 amide bonds. The van der Waals surface area contributed by atoms with E-state index in [0.29, 0.717) is 4.64 Å². The zero-order chi connectivity index (χ0) is 9.97. The van der Waals surface area contributed by atoms with Crippen molar-refractivity contribution in [3.05, 3.63) is 41.1 Å². The van der Waals surface area contributed by atoms with Crippen LogP contribution in [0.15, 0.2) is 30.9 Å². The van der Waals surface area contributed by atoms with Gasteiger partial charge < -0.3 is 4.98 Å². The van der Waals surface area contributed by atoms with E-state index < -0.39 is 0 Å². The summed E-state index contributed by atoms with van der Waals surface area (Å²) in [4.78, 5) is 11.2. The van der Waals surface area contributed by atoms with Crippen LogP contribution in [0.25, 0.3) is 11.3 Å². The number of aromatic nitrogens is 3. The van der Waals surface area contributed by atoms with Crippen LogP contribution in [0.4, 0.5) is 0 Å². The summed E-state index contributed by atoms with van der Waals surface area (Å²) < 4.78 is 0.629. The normalized spacial score (nSPS) is 10.1. The Kier molecular flexibility index (Phi) is 2.37. The monoisotopic (exact) mass is 203 g/mol. The topological polar surface area (TPSA) is 41.6 Å². The lowest BCUT2D eigenvalue weighted by Crippen LogP contribution is -1.87. The Morgan fingerprint density at radius 3 is 2.64 bits per heavy atom. The van der Waals surface area contributed by atoms with E-state index in [9.17, 15) is 0 Å². The SMILES string of the molecule is Cc1cncc(-c2cncc(=S)[nH]2)c1. The van der Waals surface area contributed by atoms with Crippen molar-refractivity contribution in [3.8, 4) is 11.3 Å². The molecule has 0 radical (unpaired) electrons. The van der Waals surface area contributed by atoms with Gasteiger partial charge in [-0.25, -0.2) is 0 Å². The molecule has 2 rings (SSSR count). The highest BCUT2D eigenvalue weighted by molar-refractivity contribution is 7.71. The fourth-order valence-electron chi connectivity index (χ4n) is 1.23. The number of hydrogen-bond acceptors (Lipinski definition) is 3. The summed E-state index contributed by atoms with van der Waals surface area (Å²) in [6.45, 7) is 2.00. The van der Waals surface area contributed by atoms with Crippen LogP contribution in [-0.2, 0) is 0 Å². The van der Waals surface area contributed by atoms with Gasteiger partial charge in [0.05, 0.1) is 18.1 Å². The minimum atomic E-state index is 0.629. The number of pyridine rings is 1. The van der Waals surface area contributed by atoms with E-state index in [-0.39, 0.29) is 0 Å². The van der Waals surface area contributed by atoms with Crippen molar-refractivity contribution in [3.63, 3.8) is 0 Å². The predicted molar refractivity (Wildman–Crippen MR) is 57.4 cm³/mol. The second-order valence-electron chi connectivity index (χ2n) is 3.06. The molecular formula is C10H9N3S. The molecule has 2 heterocycles. The fourth-order valence-corrected chi connectivity index (χ4v) is 1.40. The number of nitrogens with one attached hydrogen (secondary N) is 1. The largest absolute Gasteiger partial charge is 0.344 e. The lowest BCUT2D eigenvalue weighted by molar-refractivity contribution is 1.17. The molecule has 0 atom stereocenters. The van der Waals surface area contributed by atoms with E-state index in [2.05, 4.69) is 15.0 Å². The van der Waals surface area contributed by atoms with Gasteiger partial charge in [-0.3, -0.25) is 9.97 Å². The molecule has 2 aromatic heterocycles. The first kappa shape index (κ1) is 9.02. The molecule has 0 aliphatic rings. The van der Waals surface area contributed by atoms with Crippen molar-refractivity contribution in [2.24, 2.45) is 0 Å². The second-order valence-corrected chi connectivity index (χ2v) is 3.50. The van der Waals surface area contributed by atoms with Crippen LogP contribution in [-0.4, -0.2) is 15.0 Å². The second kappa shape index (κ2) is 3.67. The Morgan fingerprint density at radius 2 is 1.93 bits per heavy atom. The van der Waals surface area contributed by atoms with Crippen molar-refractivity contribution < 1.29 is 0 Å². The van der Waals surface area contributed by atoms with Gasteiger partial charge in [0.1, 0.15) is 4.64 Å². The van der Waals surface area contributed by atoms with Crippen molar-refractivity contribution in [1.29, 1.82) is 0 Å². The molecule has 0 aliphatic heterocycles. The van der Waals surface area contributed by atoms with E-state index in [4.69, 9.17) is 12.2 Å². The molecule has 0 aliphatic carbocycles. The first-order valence-electron chi connectivity index (χ1n) is 4.22. The van der Waals surface area contributed by atoms with E-state index >= 15 is 0 Å². The molecule has 0 aromatic carbocycles. The summed E-state index contributed by atoms with van der Waals surface area (Å²) in [5, 5.41) is 0. The summed E-state index contributed by atoms with van der Waals surface area (Å²) in [7, 11) is 0. The molecule has 1 N–H and O–H groups in total. The van der Waals surface area contributed by atoms with Gasteiger partial charge in [0.15, 0.2) is 0 Å². The molecule has 4 heteroatoms. The lowest BCUT2D eigenvalue weighted by atomic mass is 10.2. The van der Waals surface area contributed by atoms with Crippen LogP contribution in [0.2, 0.25) is 0 Å². The molecule has 0 unspecified atom stereocenters. The highest BCUT2D eigenvalue weighted by atomic mass is 32.1. The third kappa shape index (κ3) is 1.85. The number of aryl methyl sites for hydroxylation is 1. The van der Waals surface area contributed by atoms with Gasteiger partial charge in [-0.1, -0.05) is 12.2 Å². The van der Waals surface area contributed by atoms with Crippen molar-refractivity contribution in [2.75, 3.05) is 0 Å². The van der Waals surface area contributed by atoms with Crippen LogP contribution in [0.3, 0.4) is 0 Å². The van der Waals surface area contributed by atoms with Crippen LogP contribution < -0.4 is 0 Å². The first-order valence-corrected chi connectivity index (χ1v) is 4.63. The third-order valence-corrected chi connectivity index (χ3v) is 2.05. The zero-order valence-corrected chi connectivity index (χ0v) is 8.51. The summed E-state index contributed by atoms with van der Waals surface area (Å²) in [5.41, 5.74) is 3.02. The molecule has 0 fully saturated rings. The van der Waals surface area contributed by atoms with E-state index in [0.717, 1.165) is 16.8 Å². The number of aromatic amines is 1. The molecule has 3 nitrogen and oxygen atoms in total. The lowest BCUT2D eigenvalue weighted by Gasteiger charge is -2.00. The quantitative estimate of drug-likeness (QED) is 0.724. The van der Waals surface area contributed by atoms with Crippen molar-refractivity contribution in [2.45, 2.75) is 6.92 Å². The Bertz CT molecular complexity index is 504. The molecule has 0 spiro atoms. The smallest absolute Gasteiger partial charge is 0.122 e. The van der Waals surface area contributed by atoms with Crippen molar-refractivity contribution in [1.82, 2.24) is 15.0 Å². The van der Waals surface area contributed by atoms with Gasteiger partial charge in [-0.05, 0) is 18.6 Å². The van der Waals surface area contributed by atoms with Crippen molar-refractivity contribution >= 4 is 12.2 Å². The van der Waals surface area contributed by atoms with Crippen LogP contribution in [0.1, 0.15) is 5.56 Å². The maximum atomic E-state index is 4.99.